The molecule has 0 bridgehead atoms. The SMILES string of the molecule is O=C(NCCCCCO)C(=O)Nc1ccc(F)cc1F. The summed E-state index contributed by atoms with van der Waals surface area (Å²) in [6, 6.07) is 2.63. The van der Waals surface area contributed by atoms with E-state index in [1.807, 2.05) is 0 Å². The molecule has 3 N–H and O–H groups in total. The van der Waals surface area contributed by atoms with Crippen LogP contribution >= 0.6 is 0 Å². The van der Waals surface area contributed by atoms with Gasteiger partial charge in [-0.25, -0.2) is 8.78 Å². The summed E-state index contributed by atoms with van der Waals surface area (Å²) in [5.41, 5.74) is -0.258. The first-order chi connectivity index (χ1) is 9.54. The normalized spacial score (nSPS) is 10.2. The largest absolute Gasteiger partial charge is 0.396 e. The van der Waals surface area contributed by atoms with Crippen LogP contribution in [0, 0.1) is 11.6 Å². The topological polar surface area (TPSA) is 78.4 Å². The lowest BCUT2D eigenvalue weighted by Crippen LogP contribution is -2.36. The molecule has 7 heteroatoms. The van der Waals surface area contributed by atoms with Gasteiger partial charge in [0.1, 0.15) is 11.6 Å². The van der Waals surface area contributed by atoms with E-state index in [4.69, 9.17) is 5.11 Å². The van der Waals surface area contributed by atoms with Gasteiger partial charge in [0.2, 0.25) is 0 Å². The molecule has 20 heavy (non-hydrogen) atoms. The lowest BCUT2D eigenvalue weighted by atomic mass is 10.2. The van der Waals surface area contributed by atoms with Crippen molar-refractivity contribution in [3.63, 3.8) is 0 Å². The minimum Gasteiger partial charge on any atom is -0.396 e. The molecular weight excluding hydrogens is 270 g/mol. The van der Waals surface area contributed by atoms with Crippen LogP contribution < -0.4 is 10.6 Å². The molecule has 0 aliphatic carbocycles. The number of unbranched alkanes of at least 4 members (excludes halogenated alkanes) is 2. The van der Waals surface area contributed by atoms with Crippen LogP contribution in [-0.4, -0.2) is 30.1 Å². The highest BCUT2D eigenvalue weighted by atomic mass is 19.1. The molecule has 0 heterocycles. The van der Waals surface area contributed by atoms with Crippen molar-refractivity contribution in [1.82, 2.24) is 5.32 Å². The fourth-order valence-corrected chi connectivity index (χ4v) is 1.47. The monoisotopic (exact) mass is 286 g/mol. The molecule has 0 radical (unpaired) electrons. The summed E-state index contributed by atoms with van der Waals surface area (Å²) in [6.07, 6.45) is 1.98. The quantitative estimate of drug-likeness (QED) is 0.543. The molecule has 0 saturated carbocycles. The van der Waals surface area contributed by atoms with E-state index < -0.39 is 23.4 Å². The Balaban J connectivity index is 2.39. The van der Waals surface area contributed by atoms with Gasteiger partial charge in [-0.05, 0) is 31.4 Å². The van der Waals surface area contributed by atoms with Crippen LogP contribution in [0.3, 0.4) is 0 Å². The number of nitrogens with one attached hydrogen (secondary N) is 2. The number of hydrogen-bond donors (Lipinski definition) is 3. The highest BCUT2D eigenvalue weighted by molar-refractivity contribution is 6.39. The second-order valence-corrected chi connectivity index (χ2v) is 4.12. The van der Waals surface area contributed by atoms with Crippen molar-refractivity contribution >= 4 is 17.5 Å². The molecule has 0 aliphatic rings. The van der Waals surface area contributed by atoms with Crippen molar-refractivity contribution in [3.8, 4) is 0 Å². The zero-order valence-electron chi connectivity index (χ0n) is 10.8. The predicted octanol–water partition coefficient (Wildman–Crippen LogP) is 1.18. The third-order valence-corrected chi connectivity index (χ3v) is 2.51. The first kappa shape index (κ1) is 16.0. The summed E-state index contributed by atoms with van der Waals surface area (Å²) in [4.78, 5) is 22.8. The summed E-state index contributed by atoms with van der Waals surface area (Å²) < 4.78 is 25.9. The number of amides is 2. The van der Waals surface area contributed by atoms with Crippen molar-refractivity contribution in [2.24, 2.45) is 0 Å². The van der Waals surface area contributed by atoms with E-state index in [9.17, 15) is 18.4 Å². The summed E-state index contributed by atoms with van der Waals surface area (Å²) in [5, 5.41) is 13.0. The molecule has 1 aromatic rings. The van der Waals surface area contributed by atoms with Gasteiger partial charge in [0.15, 0.2) is 0 Å². The number of anilines is 1. The minimum absolute atomic E-state index is 0.0816. The second-order valence-electron chi connectivity index (χ2n) is 4.12. The second kappa shape index (κ2) is 8.21. The maximum atomic E-state index is 13.3. The van der Waals surface area contributed by atoms with Gasteiger partial charge in [0, 0.05) is 19.2 Å². The van der Waals surface area contributed by atoms with Crippen molar-refractivity contribution in [1.29, 1.82) is 0 Å². The number of halogens is 2. The molecule has 0 saturated heterocycles. The molecule has 0 aromatic heterocycles. The number of aliphatic hydroxyl groups excluding tert-OH is 1. The zero-order valence-corrected chi connectivity index (χ0v) is 10.8. The Labute approximate surface area is 115 Å². The molecule has 0 unspecified atom stereocenters. The average molecular weight is 286 g/mol. The minimum atomic E-state index is -1.02. The van der Waals surface area contributed by atoms with Crippen LogP contribution in [-0.2, 0) is 9.59 Å². The molecule has 2 amide bonds. The van der Waals surface area contributed by atoms with E-state index >= 15 is 0 Å². The van der Waals surface area contributed by atoms with Crippen LogP contribution in [0.2, 0.25) is 0 Å². The maximum Gasteiger partial charge on any atom is 0.313 e. The van der Waals surface area contributed by atoms with Crippen molar-refractivity contribution in [2.75, 3.05) is 18.5 Å². The van der Waals surface area contributed by atoms with Crippen LogP contribution in [0.15, 0.2) is 18.2 Å². The molecule has 1 aromatic carbocycles. The molecule has 0 fully saturated rings. The molecule has 110 valence electrons. The van der Waals surface area contributed by atoms with E-state index in [0.29, 0.717) is 18.9 Å². The number of benzene rings is 1. The van der Waals surface area contributed by atoms with Crippen LogP contribution in [0.1, 0.15) is 19.3 Å². The van der Waals surface area contributed by atoms with E-state index in [1.165, 1.54) is 0 Å². The number of carbonyl (C=O) groups excluding carboxylic acids is 2. The third-order valence-electron chi connectivity index (χ3n) is 2.51. The summed E-state index contributed by atoms with van der Waals surface area (Å²) in [5.74, 6) is -3.63. The van der Waals surface area contributed by atoms with Gasteiger partial charge >= 0.3 is 11.8 Å². The van der Waals surface area contributed by atoms with Gasteiger partial charge in [-0.3, -0.25) is 9.59 Å². The van der Waals surface area contributed by atoms with E-state index in [0.717, 1.165) is 18.6 Å². The standard InChI is InChI=1S/C13H16F2N2O3/c14-9-4-5-11(10(15)8-9)17-13(20)12(19)16-6-2-1-3-7-18/h4-5,8,18H,1-3,6-7H2,(H,16,19)(H,17,20). The van der Waals surface area contributed by atoms with Gasteiger partial charge in [-0.2, -0.15) is 0 Å². The molecule has 0 aliphatic heterocycles. The first-order valence-electron chi connectivity index (χ1n) is 6.19. The molecule has 0 spiro atoms. The number of aliphatic hydroxyl groups is 1. The van der Waals surface area contributed by atoms with Crippen molar-refractivity contribution < 1.29 is 23.5 Å². The Morgan fingerprint density at radius 2 is 1.85 bits per heavy atom. The van der Waals surface area contributed by atoms with Gasteiger partial charge in [0.05, 0.1) is 5.69 Å². The van der Waals surface area contributed by atoms with Crippen molar-refractivity contribution in [2.45, 2.75) is 19.3 Å². The molecule has 5 nitrogen and oxygen atoms in total. The number of rotatable bonds is 6. The van der Waals surface area contributed by atoms with Gasteiger partial charge in [-0.1, -0.05) is 0 Å². The zero-order chi connectivity index (χ0) is 15.0. The predicted molar refractivity (Wildman–Crippen MR) is 68.9 cm³/mol. The van der Waals surface area contributed by atoms with Gasteiger partial charge < -0.3 is 15.7 Å². The summed E-state index contributed by atoms with van der Waals surface area (Å²) in [6.45, 7) is 0.371. The van der Waals surface area contributed by atoms with E-state index in [1.54, 1.807) is 0 Å². The highest BCUT2D eigenvalue weighted by Gasteiger charge is 2.15. The van der Waals surface area contributed by atoms with Gasteiger partial charge in [-0.15, -0.1) is 0 Å². The molecule has 0 atom stereocenters. The Morgan fingerprint density at radius 3 is 2.50 bits per heavy atom. The van der Waals surface area contributed by atoms with Crippen LogP contribution in [0.25, 0.3) is 0 Å². The maximum absolute atomic E-state index is 13.3. The van der Waals surface area contributed by atoms with E-state index in [2.05, 4.69) is 10.6 Å². The van der Waals surface area contributed by atoms with Crippen LogP contribution in [0.5, 0.6) is 0 Å². The third kappa shape index (κ3) is 5.31. The fraction of sp³-hybridized carbons (Fsp3) is 0.385. The highest BCUT2D eigenvalue weighted by Crippen LogP contribution is 2.14. The average Bonchev–Trinajstić information content (AvgIpc) is 2.41. The lowest BCUT2D eigenvalue weighted by Gasteiger charge is -2.07. The van der Waals surface area contributed by atoms with Gasteiger partial charge in [0.25, 0.3) is 0 Å². The summed E-state index contributed by atoms with van der Waals surface area (Å²) >= 11 is 0. The first-order valence-corrected chi connectivity index (χ1v) is 6.19. The molecular formula is C13H16F2N2O3. The number of carbonyl (C=O) groups is 2. The Morgan fingerprint density at radius 1 is 1.10 bits per heavy atom. The van der Waals surface area contributed by atoms with Crippen molar-refractivity contribution in [3.05, 3.63) is 29.8 Å². The lowest BCUT2D eigenvalue weighted by molar-refractivity contribution is -0.136. The Bertz CT molecular complexity index is 481. The fourth-order valence-electron chi connectivity index (χ4n) is 1.47. The Hall–Kier alpha value is -2.02. The smallest absolute Gasteiger partial charge is 0.313 e. The van der Waals surface area contributed by atoms with E-state index in [-0.39, 0.29) is 18.8 Å². The summed E-state index contributed by atoms with van der Waals surface area (Å²) in [7, 11) is 0. The molecule has 1 rings (SSSR count). The number of hydrogen-bond acceptors (Lipinski definition) is 3. The van der Waals surface area contributed by atoms with Crippen LogP contribution in [0.4, 0.5) is 14.5 Å². The Kier molecular flexibility index (Phi) is 6.58.